The fourth-order valence-electron chi connectivity index (χ4n) is 2.91. The first-order valence-corrected chi connectivity index (χ1v) is 7.09. The second-order valence-electron chi connectivity index (χ2n) is 5.13. The zero-order valence-corrected chi connectivity index (χ0v) is 11.8. The van der Waals surface area contributed by atoms with Crippen molar-refractivity contribution in [3.05, 3.63) is 34.1 Å². The van der Waals surface area contributed by atoms with E-state index in [9.17, 15) is 4.39 Å². The van der Waals surface area contributed by atoms with Gasteiger partial charge in [-0.3, -0.25) is 0 Å². The highest BCUT2D eigenvalue weighted by Gasteiger charge is 2.35. The highest BCUT2D eigenvalue weighted by Crippen LogP contribution is 2.41. The molecule has 94 valence electrons. The van der Waals surface area contributed by atoms with E-state index in [2.05, 4.69) is 22.9 Å². The van der Waals surface area contributed by atoms with Gasteiger partial charge >= 0.3 is 0 Å². The minimum Gasteiger partial charge on any atom is -0.321 e. The SMILES string of the molecule is CCC1CCCC(N)(c2cccc(Br)c2F)C1. The maximum absolute atomic E-state index is 14.1. The maximum Gasteiger partial charge on any atom is 0.142 e. The molecular weight excluding hydrogens is 281 g/mol. The predicted molar refractivity (Wildman–Crippen MR) is 72.2 cm³/mol. The normalized spacial score (nSPS) is 29.3. The van der Waals surface area contributed by atoms with Gasteiger partial charge < -0.3 is 5.73 Å². The van der Waals surface area contributed by atoms with Crippen LogP contribution >= 0.6 is 15.9 Å². The van der Waals surface area contributed by atoms with E-state index >= 15 is 0 Å². The third-order valence-electron chi connectivity index (χ3n) is 3.95. The Kier molecular flexibility index (Phi) is 3.88. The van der Waals surface area contributed by atoms with Gasteiger partial charge in [0.25, 0.3) is 0 Å². The first-order valence-electron chi connectivity index (χ1n) is 6.30. The van der Waals surface area contributed by atoms with Crippen LogP contribution in [0.3, 0.4) is 0 Å². The molecule has 1 aliphatic carbocycles. The van der Waals surface area contributed by atoms with E-state index in [1.54, 1.807) is 6.07 Å². The van der Waals surface area contributed by atoms with Crippen LogP contribution in [0.4, 0.5) is 4.39 Å². The van der Waals surface area contributed by atoms with Gasteiger partial charge in [-0.1, -0.05) is 38.3 Å². The Labute approximate surface area is 111 Å². The Morgan fingerprint density at radius 2 is 2.29 bits per heavy atom. The zero-order chi connectivity index (χ0) is 12.5. The lowest BCUT2D eigenvalue weighted by molar-refractivity contribution is 0.216. The third kappa shape index (κ3) is 2.55. The molecule has 0 amide bonds. The smallest absolute Gasteiger partial charge is 0.142 e. The molecule has 0 heterocycles. The third-order valence-corrected chi connectivity index (χ3v) is 4.57. The Balaban J connectivity index is 2.33. The first-order chi connectivity index (χ1) is 8.07. The molecule has 0 saturated heterocycles. The molecule has 0 aromatic heterocycles. The van der Waals surface area contributed by atoms with E-state index in [4.69, 9.17) is 5.73 Å². The van der Waals surface area contributed by atoms with Gasteiger partial charge in [-0.05, 0) is 40.8 Å². The average molecular weight is 300 g/mol. The largest absolute Gasteiger partial charge is 0.321 e. The van der Waals surface area contributed by atoms with E-state index in [0.717, 1.165) is 25.7 Å². The van der Waals surface area contributed by atoms with Crippen molar-refractivity contribution in [2.45, 2.75) is 44.6 Å². The number of benzene rings is 1. The van der Waals surface area contributed by atoms with Gasteiger partial charge in [0, 0.05) is 11.1 Å². The minimum atomic E-state index is -0.479. The zero-order valence-electron chi connectivity index (χ0n) is 10.2. The summed E-state index contributed by atoms with van der Waals surface area (Å²) in [5, 5.41) is 0. The van der Waals surface area contributed by atoms with E-state index < -0.39 is 5.54 Å². The van der Waals surface area contributed by atoms with Crippen LogP contribution in [0.2, 0.25) is 0 Å². The molecular formula is C14H19BrFN. The quantitative estimate of drug-likeness (QED) is 0.863. The summed E-state index contributed by atoms with van der Waals surface area (Å²) < 4.78 is 14.6. The molecule has 1 saturated carbocycles. The van der Waals surface area contributed by atoms with Crippen molar-refractivity contribution in [2.24, 2.45) is 11.7 Å². The highest BCUT2D eigenvalue weighted by molar-refractivity contribution is 9.10. The number of halogens is 2. The summed E-state index contributed by atoms with van der Waals surface area (Å²) >= 11 is 3.24. The van der Waals surface area contributed by atoms with E-state index in [0.29, 0.717) is 16.0 Å². The van der Waals surface area contributed by atoms with Crippen molar-refractivity contribution >= 4 is 15.9 Å². The highest BCUT2D eigenvalue weighted by atomic mass is 79.9. The molecule has 3 heteroatoms. The van der Waals surface area contributed by atoms with Crippen molar-refractivity contribution in [2.75, 3.05) is 0 Å². The summed E-state index contributed by atoms with van der Waals surface area (Å²) in [5.74, 6) is 0.443. The van der Waals surface area contributed by atoms with Crippen LogP contribution in [0, 0.1) is 11.7 Å². The molecule has 2 atom stereocenters. The molecule has 0 radical (unpaired) electrons. The molecule has 2 rings (SSSR count). The molecule has 1 aliphatic rings. The molecule has 2 unspecified atom stereocenters. The molecule has 1 nitrogen and oxygen atoms in total. The Morgan fingerprint density at radius 3 is 3.00 bits per heavy atom. The maximum atomic E-state index is 14.1. The molecule has 0 spiro atoms. The van der Waals surface area contributed by atoms with Gasteiger partial charge in [-0.25, -0.2) is 4.39 Å². The van der Waals surface area contributed by atoms with Gasteiger partial charge in [-0.15, -0.1) is 0 Å². The average Bonchev–Trinajstić information content (AvgIpc) is 2.32. The van der Waals surface area contributed by atoms with Gasteiger partial charge in [0.1, 0.15) is 5.82 Å². The van der Waals surface area contributed by atoms with Crippen LogP contribution in [0.15, 0.2) is 22.7 Å². The lowest BCUT2D eigenvalue weighted by Crippen LogP contribution is -2.42. The lowest BCUT2D eigenvalue weighted by atomic mass is 9.72. The van der Waals surface area contributed by atoms with Gasteiger partial charge in [-0.2, -0.15) is 0 Å². The number of rotatable bonds is 2. The molecule has 1 fully saturated rings. The van der Waals surface area contributed by atoms with Crippen molar-refractivity contribution in [3.63, 3.8) is 0 Å². The number of hydrogen-bond donors (Lipinski definition) is 1. The summed E-state index contributed by atoms with van der Waals surface area (Å²) in [6, 6.07) is 5.42. The summed E-state index contributed by atoms with van der Waals surface area (Å²) in [4.78, 5) is 0. The monoisotopic (exact) mass is 299 g/mol. The van der Waals surface area contributed by atoms with Gasteiger partial charge in [0.15, 0.2) is 0 Å². The lowest BCUT2D eigenvalue weighted by Gasteiger charge is -2.38. The second-order valence-corrected chi connectivity index (χ2v) is 5.98. The Morgan fingerprint density at radius 1 is 1.53 bits per heavy atom. The summed E-state index contributed by atoms with van der Waals surface area (Å²) in [5.41, 5.74) is 6.65. The van der Waals surface area contributed by atoms with Crippen LogP contribution in [0.25, 0.3) is 0 Å². The molecule has 1 aromatic carbocycles. The topological polar surface area (TPSA) is 26.0 Å². The second kappa shape index (κ2) is 5.07. The van der Waals surface area contributed by atoms with Crippen molar-refractivity contribution in [1.82, 2.24) is 0 Å². The first kappa shape index (κ1) is 13.0. The Hall–Kier alpha value is -0.410. The van der Waals surface area contributed by atoms with Crippen molar-refractivity contribution < 1.29 is 4.39 Å². The summed E-state index contributed by atoms with van der Waals surface area (Å²) in [6.07, 6.45) is 5.24. The van der Waals surface area contributed by atoms with Gasteiger partial charge in [0.05, 0.1) is 4.47 Å². The molecule has 1 aromatic rings. The van der Waals surface area contributed by atoms with Gasteiger partial charge in [0.2, 0.25) is 0 Å². The van der Waals surface area contributed by atoms with Crippen LogP contribution in [-0.4, -0.2) is 0 Å². The van der Waals surface area contributed by atoms with E-state index in [1.165, 1.54) is 6.42 Å². The number of nitrogens with two attached hydrogens (primary N) is 1. The molecule has 0 aliphatic heterocycles. The van der Waals surface area contributed by atoms with Crippen LogP contribution in [-0.2, 0) is 5.54 Å². The standard InChI is InChI=1S/C14H19BrFN/c1-2-10-5-4-8-14(17,9-10)11-6-3-7-12(15)13(11)16/h3,6-7,10H,2,4-5,8-9,17H2,1H3. The minimum absolute atomic E-state index is 0.188. The summed E-state index contributed by atoms with van der Waals surface area (Å²) in [7, 11) is 0. The molecule has 17 heavy (non-hydrogen) atoms. The molecule has 2 N–H and O–H groups in total. The fraction of sp³-hybridized carbons (Fsp3) is 0.571. The predicted octanol–water partition coefficient (Wildman–Crippen LogP) is 4.34. The molecule has 0 bridgehead atoms. The van der Waals surface area contributed by atoms with Crippen molar-refractivity contribution in [1.29, 1.82) is 0 Å². The van der Waals surface area contributed by atoms with Crippen LogP contribution < -0.4 is 5.73 Å². The summed E-state index contributed by atoms with van der Waals surface area (Å²) in [6.45, 7) is 2.19. The van der Waals surface area contributed by atoms with E-state index in [1.807, 2.05) is 12.1 Å². The van der Waals surface area contributed by atoms with Crippen molar-refractivity contribution in [3.8, 4) is 0 Å². The van der Waals surface area contributed by atoms with Crippen LogP contribution in [0.1, 0.15) is 44.6 Å². The van der Waals surface area contributed by atoms with Crippen LogP contribution in [0.5, 0.6) is 0 Å². The number of hydrogen-bond acceptors (Lipinski definition) is 1. The fourth-order valence-corrected chi connectivity index (χ4v) is 3.27. The van der Waals surface area contributed by atoms with E-state index in [-0.39, 0.29) is 5.82 Å². The Bertz CT molecular complexity index is 407.